The first kappa shape index (κ1) is 16.4. The molecule has 3 nitrogen and oxygen atoms in total. The van der Waals surface area contributed by atoms with Crippen molar-refractivity contribution in [2.24, 2.45) is 0 Å². The zero-order valence-corrected chi connectivity index (χ0v) is 14.5. The number of fused-ring (bicyclic) bond motifs is 1. The highest BCUT2D eigenvalue weighted by molar-refractivity contribution is 7.80. The predicted molar refractivity (Wildman–Crippen MR) is 104 cm³/mol. The van der Waals surface area contributed by atoms with Gasteiger partial charge in [-0.15, -0.1) is 0 Å². The number of thiocarbonyl (C=S) groups is 1. The molecule has 120 valence electrons. The third-order valence-electron chi connectivity index (χ3n) is 3.70. The minimum absolute atomic E-state index is 0.244. The molecular formula is C19H15ClN2OS. The Morgan fingerprint density at radius 3 is 2.58 bits per heavy atom. The van der Waals surface area contributed by atoms with Crippen LogP contribution in [0, 0.1) is 6.92 Å². The second kappa shape index (κ2) is 6.99. The molecule has 1 amide bonds. The summed E-state index contributed by atoms with van der Waals surface area (Å²) in [4.78, 5) is 12.3. The summed E-state index contributed by atoms with van der Waals surface area (Å²) in [6.45, 7) is 1.89. The molecule has 3 aromatic rings. The molecule has 0 spiro atoms. The van der Waals surface area contributed by atoms with Gasteiger partial charge >= 0.3 is 0 Å². The zero-order valence-electron chi connectivity index (χ0n) is 13.0. The maximum atomic E-state index is 12.3. The van der Waals surface area contributed by atoms with E-state index in [1.165, 1.54) is 0 Å². The van der Waals surface area contributed by atoms with Gasteiger partial charge in [0.15, 0.2) is 5.11 Å². The molecule has 3 aromatic carbocycles. The molecule has 5 heteroatoms. The van der Waals surface area contributed by atoms with Crippen LogP contribution in [0.25, 0.3) is 10.8 Å². The molecular weight excluding hydrogens is 340 g/mol. The highest BCUT2D eigenvalue weighted by atomic mass is 35.5. The van der Waals surface area contributed by atoms with Crippen LogP contribution < -0.4 is 10.6 Å². The molecule has 0 saturated carbocycles. The number of benzene rings is 3. The van der Waals surface area contributed by atoms with E-state index in [1.54, 1.807) is 18.2 Å². The largest absolute Gasteiger partial charge is 0.332 e. The molecule has 24 heavy (non-hydrogen) atoms. The molecule has 0 radical (unpaired) electrons. The van der Waals surface area contributed by atoms with Crippen LogP contribution >= 0.6 is 23.8 Å². The van der Waals surface area contributed by atoms with Gasteiger partial charge in [-0.2, -0.15) is 0 Å². The fourth-order valence-electron chi connectivity index (χ4n) is 2.40. The van der Waals surface area contributed by atoms with Crippen molar-refractivity contribution in [1.29, 1.82) is 0 Å². The summed E-state index contributed by atoms with van der Waals surface area (Å²) < 4.78 is 0. The topological polar surface area (TPSA) is 41.1 Å². The molecule has 0 aliphatic heterocycles. The van der Waals surface area contributed by atoms with Crippen molar-refractivity contribution in [2.45, 2.75) is 6.92 Å². The third kappa shape index (κ3) is 3.55. The van der Waals surface area contributed by atoms with E-state index in [0.717, 1.165) is 22.0 Å². The minimum Gasteiger partial charge on any atom is -0.332 e. The van der Waals surface area contributed by atoms with Gasteiger partial charge in [0.1, 0.15) is 0 Å². The summed E-state index contributed by atoms with van der Waals surface area (Å²) >= 11 is 11.3. The number of anilines is 1. The van der Waals surface area contributed by atoms with Gasteiger partial charge in [0.25, 0.3) is 5.91 Å². The van der Waals surface area contributed by atoms with E-state index >= 15 is 0 Å². The molecule has 0 atom stereocenters. The summed E-state index contributed by atoms with van der Waals surface area (Å²) in [6, 6.07) is 19.0. The SMILES string of the molecule is Cc1ccc(C(=O)NC(=S)Nc2cccc3ccccc23)cc1Cl. The third-order valence-corrected chi connectivity index (χ3v) is 4.31. The molecule has 0 bridgehead atoms. The van der Waals surface area contributed by atoms with Gasteiger partial charge in [0, 0.05) is 21.7 Å². The van der Waals surface area contributed by atoms with Gasteiger partial charge in [0.2, 0.25) is 0 Å². The monoisotopic (exact) mass is 354 g/mol. The number of rotatable bonds is 2. The first-order chi connectivity index (χ1) is 11.5. The van der Waals surface area contributed by atoms with Crippen molar-refractivity contribution in [3.63, 3.8) is 0 Å². The molecule has 0 unspecified atom stereocenters. The van der Waals surface area contributed by atoms with E-state index in [-0.39, 0.29) is 11.0 Å². The highest BCUT2D eigenvalue weighted by Gasteiger charge is 2.10. The van der Waals surface area contributed by atoms with Crippen molar-refractivity contribution >= 4 is 51.3 Å². The van der Waals surface area contributed by atoms with E-state index in [4.69, 9.17) is 23.8 Å². The minimum atomic E-state index is -0.297. The number of hydrogen-bond acceptors (Lipinski definition) is 2. The second-order valence-corrected chi connectivity index (χ2v) is 6.21. The van der Waals surface area contributed by atoms with Crippen LogP contribution in [0.4, 0.5) is 5.69 Å². The van der Waals surface area contributed by atoms with Crippen molar-refractivity contribution in [1.82, 2.24) is 5.32 Å². The molecule has 0 aliphatic rings. The normalized spacial score (nSPS) is 10.4. The standard InChI is InChI=1S/C19H15ClN2OS/c1-12-9-10-14(11-16(12)20)18(23)22-19(24)21-17-8-4-6-13-5-2-3-7-15(13)17/h2-11H,1H3,(H2,21,22,23,24). The van der Waals surface area contributed by atoms with Crippen LogP contribution in [0.2, 0.25) is 5.02 Å². The summed E-state index contributed by atoms with van der Waals surface area (Å²) in [7, 11) is 0. The van der Waals surface area contributed by atoms with Crippen LogP contribution in [-0.4, -0.2) is 11.0 Å². The van der Waals surface area contributed by atoms with Crippen molar-refractivity contribution in [3.8, 4) is 0 Å². The van der Waals surface area contributed by atoms with Crippen LogP contribution in [0.5, 0.6) is 0 Å². The molecule has 0 saturated heterocycles. The van der Waals surface area contributed by atoms with Gasteiger partial charge in [-0.25, -0.2) is 0 Å². The van der Waals surface area contributed by atoms with E-state index in [0.29, 0.717) is 10.6 Å². The number of aryl methyl sites for hydroxylation is 1. The Labute approximate surface area is 150 Å². The highest BCUT2D eigenvalue weighted by Crippen LogP contribution is 2.23. The maximum absolute atomic E-state index is 12.3. The quantitative estimate of drug-likeness (QED) is 0.641. The van der Waals surface area contributed by atoms with Crippen LogP contribution in [-0.2, 0) is 0 Å². The summed E-state index contributed by atoms with van der Waals surface area (Å²) in [5, 5.41) is 8.69. The van der Waals surface area contributed by atoms with Crippen LogP contribution in [0.15, 0.2) is 60.7 Å². The summed E-state index contributed by atoms with van der Waals surface area (Å²) in [6.07, 6.45) is 0. The second-order valence-electron chi connectivity index (χ2n) is 5.40. The van der Waals surface area contributed by atoms with Crippen molar-refractivity contribution in [3.05, 3.63) is 76.8 Å². The average Bonchev–Trinajstić information content (AvgIpc) is 2.57. The summed E-state index contributed by atoms with van der Waals surface area (Å²) in [5.41, 5.74) is 2.23. The first-order valence-electron chi connectivity index (χ1n) is 7.41. The fraction of sp³-hybridized carbons (Fsp3) is 0.0526. The average molecular weight is 355 g/mol. The van der Waals surface area contributed by atoms with E-state index in [2.05, 4.69) is 10.6 Å². The Hall–Kier alpha value is -2.43. The zero-order chi connectivity index (χ0) is 17.1. The molecule has 0 aliphatic carbocycles. The van der Waals surface area contributed by atoms with Gasteiger partial charge in [-0.3, -0.25) is 10.1 Å². The lowest BCUT2D eigenvalue weighted by Gasteiger charge is -2.12. The van der Waals surface area contributed by atoms with Gasteiger partial charge < -0.3 is 5.32 Å². The van der Waals surface area contributed by atoms with Crippen LogP contribution in [0.1, 0.15) is 15.9 Å². The number of halogens is 1. The summed E-state index contributed by atoms with van der Waals surface area (Å²) in [5.74, 6) is -0.297. The Morgan fingerprint density at radius 2 is 1.79 bits per heavy atom. The maximum Gasteiger partial charge on any atom is 0.257 e. The molecule has 0 aromatic heterocycles. The molecule has 2 N–H and O–H groups in total. The Bertz CT molecular complexity index is 934. The number of carbonyl (C=O) groups excluding carboxylic acids is 1. The van der Waals surface area contributed by atoms with E-state index in [9.17, 15) is 4.79 Å². The Balaban J connectivity index is 1.75. The lowest BCUT2D eigenvalue weighted by atomic mass is 10.1. The number of nitrogens with one attached hydrogen (secondary N) is 2. The lowest BCUT2D eigenvalue weighted by Crippen LogP contribution is -2.34. The first-order valence-corrected chi connectivity index (χ1v) is 8.19. The number of amides is 1. The molecule has 0 heterocycles. The Kier molecular flexibility index (Phi) is 4.79. The van der Waals surface area contributed by atoms with Crippen LogP contribution in [0.3, 0.4) is 0 Å². The van der Waals surface area contributed by atoms with Gasteiger partial charge in [-0.05, 0) is 48.3 Å². The number of hydrogen-bond donors (Lipinski definition) is 2. The Morgan fingerprint density at radius 1 is 1.04 bits per heavy atom. The number of carbonyl (C=O) groups is 1. The lowest BCUT2D eigenvalue weighted by molar-refractivity contribution is 0.0977. The van der Waals surface area contributed by atoms with Crippen molar-refractivity contribution in [2.75, 3.05) is 5.32 Å². The fourth-order valence-corrected chi connectivity index (χ4v) is 2.78. The molecule has 0 fully saturated rings. The smallest absolute Gasteiger partial charge is 0.257 e. The molecule has 3 rings (SSSR count). The van der Waals surface area contributed by atoms with Gasteiger partial charge in [-0.1, -0.05) is 54.1 Å². The van der Waals surface area contributed by atoms with E-state index in [1.807, 2.05) is 49.4 Å². The predicted octanol–water partition coefficient (Wildman–Crippen LogP) is 4.93. The van der Waals surface area contributed by atoms with Gasteiger partial charge in [0.05, 0.1) is 0 Å². The van der Waals surface area contributed by atoms with Crippen molar-refractivity contribution < 1.29 is 4.79 Å². The van der Waals surface area contributed by atoms with E-state index < -0.39 is 0 Å².